The lowest BCUT2D eigenvalue weighted by atomic mass is 10.0. The highest BCUT2D eigenvalue weighted by Crippen LogP contribution is 2.60. The molecule has 0 radical (unpaired) electrons. The average Bonchev–Trinajstić information content (AvgIpc) is 3.31. The fourth-order valence-electron chi connectivity index (χ4n) is 4.21. The van der Waals surface area contributed by atoms with E-state index in [1.807, 2.05) is 37.3 Å². The van der Waals surface area contributed by atoms with Gasteiger partial charge in [0.1, 0.15) is 0 Å². The van der Waals surface area contributed by atoms with Crippen molar-refractivity contribution in [3.63, 3.8) is 0 Å². The van der Waals surface area contributed by atoms with Crippen molar-refractivity contribution in [1.82, 2.24) is 0 Å². The van der Waals surface area contributed by atoms with E-state index in [-0.39, 0.29) is 12.8 Å². The third kappa shape index (κ3) is 3.89. The van der Waals surface area contributed by atoms with Crippen LogP contribution in [0.5, 0.6) is 0 Å². The number of amides is 1. The molecule has 0 unspecified atom stereocenters. The molecular weight excluding hydrogens is 397 g/mol. The summed E-state index contributed by atoms with van der Waals surface area (Å²) in [6.07, 6.45) is -3.72. The average molecular weight is 423 g/mol. The summed E-state index contributed by atoms with van der Waals surface area (Å²) in [5.41, 5.74) is 3.07. The van der Waals surface area contributed by atoms with Crippen LogP contribution >= 0.6 is 11.3 Å². The van der Waals surface area contributed by atoms with Gasteiger partial charge < -0.3 is 10.2 Å². The summed E-state index contributed by atoms with van der Waals surface area (Å²) in [5, 5.41) is 2.74. The summed E-state index contributed by atoms with van der Waals surface area (Å²) in [6, 6.07) is 6.30. The van der Waals surface area contributed by atoms with Crippen LogP contribution < -0.4 is 10.2 Å². The maximum absolute atomic E-state index is 13.1. The van der Waals surface area contributed by atoms with Gasteiger partial charge in [0.2, 0.25) is 5.91 Å². The molecule has 0 atom stereocenters. The van der Waals surface area contributed by atoms with Crippen molar-refractivity contribution < 1.29 is 18.0 Å². The first kappa shape index (κ1) is 20.3. The molecule has 156 valence electrons. The van der Waals surface area contributed by atoms with E-state index < -0.39 is 23.9 Å². The Kier molecular flexibility index (Phi) is 4.92. The number of alkyl halides is 3. The van der Waals surface area contributed by atoms with Crippen LogP contribution in [0, 0.1) is 26.2 Å². The largest absolute Gasteiger partial charge is 0.395 e. The lowest BCUT2D eigenvalue weighted by molar-refractivity contribution is -0.189. The SMILES string of the molecule is Cc1cc2c(s1)CN(c1cc(C)c(NC(=O)CC3(C(F)(F)F)CC3)c(C)c1)CC2. The maximum Gasteiger partial charge on any atom is 0.395 e. The van der Waals surface area contributed by atoms with Crippen LogP contribution in [0.15, 0.2) is 18.2 Å². The van der Waals surface area contributed by atoms with Crippen molar-refractivity contribution in [3.05, 3.63) is 44.6 Å². The predicted octanol–water partition coefficient (Wildman–Crippen LogP) is 5.91. The van der Waals surface area contributed by atoms with Gasteiger partial charge in [0.25, 0.3) is 0 Å². The molecule has 1 N–H and O–H groups in total. The van der Waals surface area contributed by atoms with Crippen LogP contribution in [0.3, 0.4) is 0 Å². The van der Waals surface area contributed by atoms with Gasteiger partial charge in [-0.1, -0.05) is 0 Å². The molecule has 0 bridgehead atoms. The van der Waals surface area contributed by atoms with Gasteiger partial charge in [-0.3, -0.25) is 4.79 Å². The van der Waals surface area contributed by atoms with E-state index in [9.17, 15) is 18.0 Å². The molecule has 1 fully saturated rings. The van der Waals surface area contributed by atoms with Crippen molar-refractivity contribution in [2.45, 2.75) is 59.2 Å². The maximum atomic E-state index is 13.1. The number of benzene rings is 1. The second-order valence-electron chi connectivity index (χ2n) is 8.43. The molecule has 2 heterocycles. The molecule has 0 saturated heterocycles. The van der Waals surface area contributed by atoms with E-state index in [0.29, 0.717) is 5.69 Å². The molecule has 3 nitrogen and oxygen atoms in total. The van der Waals surface area contributed by atoms with Gasteiger partial charge in [-0.2, -0.15) is 13.2 Å². The van der Waals surface area contributed by atoms with E-state index in [0.717, 1.165) is 36.3 Å². The van der Waals surface area contributed by atoms with E-state index in [1.54, 1.807) is 0 Å². The van der Waals surface area contributed by atoms with Gasteiger partial charge in [-0.05, 0) is 74.9 Å². The highest BCUT2D eigenvalue weighted by Gasteiger charge is 2.63. The molecule has 1 aliphatic heterocycles. The van der Waals surface area contributed by atoms with Crippen LogP contribution in [0.4, 0.5) is 24.5 Å². The second-order valence-corrected chi connectivity index (χ2v) is 9.78. The summed E-state index contributed by atoms with van der Waals surface area (Å²) >= 11 is 1.83. The van der Waals surface area contributed by atoms with Crippen molar-refractivity contribution in [3.8, 4) is 0 Å². The molecule has 2 aliphatic rings. The molecule has 1 aliphatic carbocycles. The highest BCUT2D eigenvalue weighted by molar-refractivity contribution is 7.12. The van der Waals surface area contributed by atoms with Crippen LogP contribution in [0.2, 0.25) is 0 Å². The number of fused-ring (bicyclic) bond motifs is 1. The predicted molar refractivity (Wildman–Crippen MR) is 111 cm³/mol. The molecule has 1 aromatic carbocycles. The number of anilines is 2. The minimum atomic E-state index is -4.31. The summed E-state index contributed by atoms with van der Waals surface area (Å²) in [7, 11) is 0. The highest BCUT2D eigenvalue weighted by atomic mass is 32.1. The van der Waals surface area contributed by atoms with Crippen LogP contribution in [-0.4, -0.2) is 18.6 Å². The van der Waals surface area contributed by atoms with Crippen molar-refractivity contribution in [2.24, 2.45) is 5.41 Å². The van der Waals surface area contributed by atoms with Gasteiger partial charge in [-0.25, -0.2) is 0 Å². The topological polar surface area (TPSA) is 32.3 Å². The number of halogens is 3. The second kappa shape index (κ2) is 7.04. The molecule has 7 heteroatoms. The summed E-state index contributed by atoms with van der Waals surface area (Å²) in [5.74, 6) is -0.560. The van der Waals surface area contributed by atoms with E-state index in [1.165, 1.54) is 15.3 Å². The monoisotopic (exact) mass is 422 g/mol. The number of hydrogen-bond acceptors (Lipinski definition) is 3. The van der Waals surface area contributed by atoms with Crippen molar-refractivity contribution in [1.29, 1.82) is 0 Å². The summed E-state index contributed by atoms with van der Waals surface area (Å²) < 4.78 is 39.4. The fraction of sp³-hybridized carbons (Fsp3) is 0.500. The third-order valence-corrected chi connectivity index (χ3v) is 7.18. The number of carbonyl (C=O) groups is 1. The van der Waals surface area contributed by atoms with E-state index in [2.05, 4.69) is 23.2 Å². The first-order valence-electron chi connectivity index (χ1n) is 9.89. The zero-order valence-corrected chi connectivity index (χ0v) is 17.7. The zero-order chi connectivity index (χ0) is 21.0. The number of carbonyl (C=O) groups excluding carboxylic acids is 1. The Bertz CT molecular complexity index is 936. The van der Waals surface area contributed by atoms with Gasteiger partial charge in [0.05, 0.1) is 12.0 Å². The zero-order valence-electron chi connectivity index (χ0n) is 16.9. The smallest absolute Gasteiger partial charge is 0.366 e. The van der Waals surface area contributed by atoms with Crippen LogP contribution in [-0.2, 0) is 17.8 Å². The Hall–Kier alpha value is -2.02. The standard InChI is InChI=1S/C22H25F3N2OS/c1-13-8-17(27-7-4-16-10-15(3)29-18(16)12-27)9-14(2)20(13)26-19(28)11-21(5-6-21)22(23,24)25/h8-10H,4-7,11-12H2,1-3H3,(H,26,28). The first-order valence-corrected chi connectivity index (χ1v) is 10.7. The molecular formula is C22H25F3N2OS. The number of hydrogen-bond donors (Lipinski definition) is 1. The van der Waals surface area contributed by atoms with Crippen molar-refractivity contribution in [2.75, 3.05) is 16.8 Å². The molecule has 1 aromatic heterocycles. The number of nitrogens with zero attached hydrogens (tertiary/aromatic N) is 1. The summed E-state index contributed by atoms with van der Waals surface area (Å²) in [4.78, 5) is 17.4. The molecule has 0 spiro atoms. The number of thiophene rings is 1. The Morgan fingerprint density at radius 2 is 1.83 bits per heavy atom. The number of nitrogens with one attached hydrogen (secondary N) is 1. The molecule has 1 amide bonds. The Morgan fingerprint density at radius 1 is 1.17 bits per heavy atom. The van der Waals surface area contributed by atoms with E-state index in [4.69, 9.17) is 0 Å². The lowest BCUT2D eigenvalue weighted by Gasteiger charge is -2.30. The molecule has 2 aromatic rings. The number of aryl methyl sites for hydroxylation is 3. The van der Waals surface area contributed by atoms with Crippen LogP contribution in [0.25, 0.3) is 0 Å². The van der Waals surface area contributed by atoms with Gasteiger partial charge in [0, 0.05) is 34.1 Å². The minimum absolute atomic E-state index is 0.0416. The Labute approximate surface area is 172 Å². The fourth-order valence-corrected chi connectivity index (χ4v) is 5.31. The third-order valence-electron chi connectivity index (χ3n) is 6.11. The quantitative estimate of drug-likeness (QED) is 0.665. The Morgan fingerprint density at radius 3 is 2.41 bits per heavy atom. The molecule has 1 saturated carbocycles. The van der Waals surface area contributed by atoms with Gasteiger partial charge >= 0.3 is 6.18 Å². The minimum Gasteiger partial charge on any atom is -0.366 e. The Balaban J connectivity index is 1.49. The lowest BCUT2D eigenvalue weighted by Crippen LogP contribution is -2.30. The van der Waals surface area contributed by atoms with E-state index >= 15 is 0 Å². The number of rotatable bonds is 4. The molecule has 29 heavy (non-hydrogen) atoms. The molecule has 4 rings (SSSR count). The normalized spacial score (nSPS) is 17.8. The first-order chi connectivity index (χ1) is 13.6. The van der Waals surface area contributed by atoms with Crippen molar-refractivity contribution >= 4 is 28.6 Å². The van der Waals surface area contributed by atoms with Gasteiger partial charge in [0.15, 0.2) is 0 Å². The van der Waals surface area contributed by atoms with Gasteiger partial charge in [-0.15, -0.1) is 11.3 Å². The van der Waals surface area contributed by atoms with Crippen LogP contribution in [0.1, 0.15) is 45.7 Å². The summed E-state index contributed by atoms with van der Waals surface area (Å²) in [6.45, 7) is 7.72.